The largest absolute Gasteiger partial charge is 0.500 e. The molecule has 0 N–H and O–H groups in total. The lowest BCUT2D eigenvalue weighted by molar-refractivity contribution is 0.0586. The van der Waals surface area contributed by atoms with Crippen LogP contribution in [0.1, 0.15) is 105 Å². The van der Waals surface area contributed by atoms with Gasteiger partial charge in [0, 0.05) is 25.9 Å². The van der Waals surface area contributed by atoms with Crippen LogP contribution in [0.15, 0.2) is 0 Å². The zero-order chi connectivity index (χ0) is 17.9. The molecular formula is C20H44O3Si. The van der Waals surface area contributed by atoms with E-state index in [-0.39, 0.29) is 0 Å². The molecule has 0 saturated carbocycles. The topological polar surface area (TPSA) is 27.7 Å². The van der Waals surface area contributed by atoms with Gasteiger partial charge >= 0.3 is 8.80 Å². The van der Waals surface area contributed by atoms with Crippen molar-refractivity contribution in [1.82, 2.24) is 0 Å². The van der Waals surface area contributed by atoms with Crippen molar-refractivity contribution in [3.05, 3.63) is 0 Å². The summed E-state index contributed by atoms with van der Waals surface area (Å²) in [7, 11) is -2.44. The highest BCUT2D eigenvalue weighted by Crippen LogP contribution is 2.22. The standard InChI is InChI=1S/C20H44O3Si/c1-5-9-10-11-12-13-14-15-16-20-24(21-17-6-2,22-18-7-3)23-19-8-4/h5-20H2,1-4H3. The summed E-state index contributed by atoms with van der Waals surface area (Å²) in [6, 6.07) is 0.989. The Kier molecular flexibility index (Phi) is 18.0. The average Bonchev–Trinajstić information content (AvgIpc) is 2.61. The lowest BCUT2D eigenvalue weighted by atomic mass is 10.1. The molecule has 0 unspecified atom stereocenters. The van der Waals surface area contributed by atoms with Gasteiger partial charge in [0.25, 0.3) is 0 Å². The van der Waals surface area contributed by atoms with Crippen molar-refractivity contribution in [3.8, 4) is 0 Å². The van der Waals surface area contributed by atoms with Gasteiger partial charge in [-0.2, -0.15) is 0 Å². The molecule has 3 nitrogen and oxygen atoms in total. The summed E-state index contributed by atoms with van der Waals surface area (Å²) in [5.74, 6) is 0. The van der Waals surface area contributed by atoms with Crippen LogP contribution in [-0.4, -0.2) is 28.6 Å². The summed E-state index contributed by atoms with van der Waals surface area (Å²) >= 11 is 0. The molecule has 0 heterocycles. The summed E-state index contributed by atoms with van der Waals surface area (Å²) in [6.07, 6.45) is 15.2. The summed E-state index contributed by atoms with van der Waals surface area (Å²) in [5, 5.41) is 0. The summed E-state index contributed by atoms with van der Waals surface area (Å²) < 4.78 is 18.4. The van der Waals surface area contributed by atoms with Crippen LogP contribution in [0, 0.1) is 0 Å². The Balaban J connectivity index is 4.07. The molecule has 24 heavy (non-hydrogen) atoms. The van der Waals surface area contributed by atoms with Gasteiger partial charge in [-0.3, -0.25) is 0 Å². The second-order valence-electron chi connectivity index (χ2n) is 6.81. The molecule has 4 heteroatoms. The van der Waals surface area contributed by atoms with Gasteiger partial charge in [0.1, 0.15) is 0 Å². The fraction of sp³-hybridized carbons (Fsp3) is 1.00. The molecule has 0 spiro atoms. The van der Waals surface area contributed by atoms with Crippen LogP contribution in [0.3, 0.4) is 0 Å². The Morgan fingerprint density at radius 2 is 0.833 bits per heavy atom. The van der Waals surface area contributed by atoms with Crippen molar-refractivity contribution in [2.24, 2.45) is 0 Å². The minimum atomic E-state index is -2.44. The van der Waals surface area contributed by atoms with Crippen LogP contribution in [0.2, 0.25) is 6.04 Å². The lowest BCUT2D eigenvalue weighted by Crippen LogP contribution is -2.46. The van der Waals surface area contributed by atoms with Crippen molar-refractivity contribution in [2.45, 2.75) is 111 Å². The summed E-state index contributed by atoms with van der Waals surface area (Å²) in [4.78, 5) is 0. The van der Waals surface area contributed by atoms with Crippen LogP contribution in [0.25, 0.3) is 0 Å². The number of unbranched alkanes of at least 4 members (excludes halogenated alkanes) is 8. The highest BCUT2D eigenvalue weighted by Gasteiger charge is 2.40. The molecule has 0 atom stereocenters. The van der Waals surface area contributed by atoms with E-state index in [0.717, 1.165) is 45.1 Å². The molecule has 0 amide bonds. The third-order valence-corrected chi connectivity index (χ3v) is 7.06. The zero-order valence-electron chi connectivity index (χ0n) is 17.0. The normalized spacial score (nSPS) is 12.0. The van der Waals surface area contributed by atoms with E-state index in [1.165, 1.54) is 57.8 Å². The average molecular weight is 361 g/mol. The first-order valence-electron chi connectivity index (χ1n) is 10.7. The molecule has 0 aromatic rings. The first-order valence-corrected chi connectivity index (χ1v) is 12.6. The maximum atomic E-state index is 6.15. The molecular weight excluding hydrogens is 316 g/mol. The van der Waals surface area contributed by atoms with E-state index >= 15 is 0 Å². The van der Waals surface area contributed by atoms with E-state index in [9.17, 15) is 0 Å². The van der Waals surface area contributed by atoms with Gasteiger partial charge < -0.3 is 13.3 Å². The van der Waals surface area contributed by atoms with Crippen molar-refractivity contribution in [1.29, 1.82) is 0 Å². The lowest BCUT2D eigenvalue weighted by Gasteiger charge is -2.29. The minimum absolute atomic E-state index is 0.761. The highest BCUT2D eigenvalue weighted by molar-refractivity contribution is 6.60. The predicted molar refractivity (Wildman–Crippen MR) is 107 cm³/mol. The smallest absolute Gasteiger partial charge is 0.373 e. The molecule has 0 saturated heterocycles. The third kappa shape index (κ3) is 13.4. The maximum absolute atomic E-state index is 6.15. The van der Waals surface area contributed by atoms with Crippen LogP contribution < -0.4 is 0 Å². The Morgan fingerprint density at radius 1 is 0.458 bits per heavy atom. The minimum Gasteiger partial charge on any atom is -0.373 e. The van der Waals surface area contributed by atoms with E-state index in [1.54, 1.807) is 0 Å². The second kappa shape index (κ2) is 17.9. The Hall–Kier alpha value is 0.0969. The quantitative estimate of drug-likeness (QED) is 0.189. The van der Waals surface area contributed by atoms with Crippen LogP contribution in [-0.2, 0) is 13.3 Å². The van der Waals surface area contributed by atoms with E-state index in [1.807, 2.05) is 0 Å². The van der Waals surface area contributed by atoms with E-state index in [4.69, 9.17) is 13.3 Å². The Bertz CT molecular complexity index is 227. The third-order valence-electron chi connectivity index (χ3n) is 4.16. The number of hydrogen-bond acceptors (Lipinski definition) is 3. The fourth-order valence-corrected chi connectivity index (χ4v) is 5.68. The maximum Gasteiger partial charge on any atom is 0.500 e. The number of rotatable bonds is 19. The second-order valence-corrected chi connectivity index (χ2v) is 9.54. The molecule has 0 fully saturated rings. The van der Waals surface area contributed by atoms with Crippen molar-refractivity contribution in [2.75, 3.05) is 19.8 Å². The van der Waals surface area contributed by atoms with Crippen molar-refractivity contribution in [3.63, 3.8) is 0 Å². The molecule has 0 bridgehead atoms. The molecule has 0 aliphatic rings. The molecule has 146 valence electrons. The molecule has 0 aliphatic carbocycles. The monoisotopic (exact) mass is 360 g/mol. The summed E-state index contributed by atoms with van der Waals surface area (Å²) in [5.41, 5.74) is 0. The molecule has 0 aliphatic heterocycles. The van der Waals surface area contributed by atoms with Crippen molar-refractivity contribution < 1.29 is 13.3 Å². The first-order chi connectivity index (χ1) is 11.7. The van der Waals surface area contributed by atoms with Gasteiger partial charge in [-0.05, 0) is 25.7 Å². The van der Waals surface area contributed by atoms with Gasteiger partial charge in [0.05, 0.1) is 0 Å². The van der Waals surface area contributed by atoms with Gasteiger partial charge in [-0.25, -0.2) is 0 Å². The Labute approximate surface area is 153 Å². The molecule has 0 radical (unpaired) electrons. The summed E-state index contributed by atoms with van der Waals surface area (Å²) in [6.45, 7) is 11.0. The van der Waals surface area contributed by atoms with Crippen LogP contribution in [0.5, 0.6) is 0 Å². The molecule has 0 rings (SSSR count). The van der Waals surface area contributed by atoms with E-state index in [0.29, 0.717) is 0 Å². The van der Waals surface area contributed by atoms with Crippen molar-refractivity contribution >= 4 is 8.80 Å². The fourth-order valence-electron chi connectivity index (χ4n) is 2.77. The van der Waals surface area contributed by atoms with Gasteiger partial charge in [0.15, 0.2) is 0 Å². The van der Waals surface area contributed by atoms with Gasteiger partial charge in [-0.1, -0.05) is 79.1 Å². The number of hydrogen-bond donors (Lipinski definition) is 0. The van der Waals surface area contributed by atoms with Crippen LogP contribution >= 0.6 is 0 Å². The molecule has 0 aromatic carbocycles. The first kappa shape index (κ1) is 24.1. The predicted octanol–water partition coefficient (Wildman–Crippen LogP) is 6.74. The van der Waals surface area contributed by atoms with E-state index in [2.05, 4.69) is 27.7 Å². The van der Waals surface area contributed by atoms with Gasteiger partial charge in [0.2, 0.25) is 0 Å². The van der Waals surface area contributed by atoms with Crippen LogP contribution in [0.4, 0.5) is 0 Å². The molecule has 0 aromatic heterocycles. The zero-order valence-corrected chi connectivity index (χ0v) is 18.0. The Morgan fingerprint density at radius 3 is 1.21 bits per heavy atom. The highest BCUT2D eigenvalue weighted by atomic mass is 28.4. The SMILES string of the molecule is CCCCCCCCCCC[Si](OCCC)(OCCC)OCCC. The van der Waals surface area contributed by atoms with E-state index < -0.39 is 8.80 Å². The van der Waals surface area contributed by atoms with Gasteiger partial charge in [-0.15, -0.1) is 0 Å².